The Morgan fingerprint density at radius 1 is 1.10 bits per heavy atom. The summed E-state index contributed by atoms with van der Waals surface area (Å²) in [6.07, 6.45) is 6.58. The quantitative estimate of drug-likeness (QED) is 0.414. The molecule has 2 saturated heterocycles. The van der Waals surface area contributed by atoms with Gasteiger partial charge in [-0.1, -0.05) is 56.4 Å². The van der Waals surface area contributed by atoms with Crippen molar-refractivity contribution in [1.29, 1.82) is 0 Å². The summed E-state index contributed by atoms with van der Waals surface area (Å²) in [4.78, 5) is 58.4. The number of cyclic esters (lactones) is 1. The molecule has 2 N–H and O–H groups in total. The highest BCUT2D eigenvalue weighted by atomic mass is 16.6. The van der Waals surface area contributed by atoms with E-state index in [4.69, 9.17) is 9.47 Å². The number of fused-ring (bicyclic) bond motifs is 2. The van der Waals surface area contributed by atoms with Crippen LogP contribution in [0.4, 0.5) is 5.69 Å². The lowest BCUT2D eigenvalue weighted by Crippen LogP contribution is -2.59. The summed E-state index contributed by atoms with van der Waals surface area (Å²) in [5.41, 5.74) is 1.10. The number of amides is 3. The summed E-state index contributed by atoms with van der Waals surface area (Å²) in [6.45, 7) is 9.32. The van der Waals surface area contributed by atoms with Crippen molar-refractivity contribution >= 4 is 29.4 Å². The molecule has 10 heteroatoms. The third kappa shape index (κ3) is 4.94. The molecule has 0 radical (unpaired) electrons. The molecule has 1 spiro atoms. The van der Waals surface area contributed by atoms with E-state index in [-0.39, 0.29) is 43.8 Å². The number of ether oxygens (including phenoxy) is 2. The summed E-state index contributed by atoms with van der Waals surface area (Å²) in [5.74, 6) is -3.68. The van der Waals surface area contributed by atoms with Gasteiger partial charge >= 0.3 is 5.97 Å². The van der Waals surface area contributed by atoms with E-state index in [1.54, 1.807) is 24.0 Å². The minimum absolute atomic E-state index is 0.139. The van der Waals surface area contributed by atoms with Crippen LogP contribution in [0.3, 0.4) is 0 Å². The molecule has 10 nitrogen and oxygen atoms in total. The Bertz CT molecular complexity index is 1300. The third-order valence-corrected chi connectivity index (χ3v) is 9.00. The van der Waals surface area contributed by atoms with Crippen molar-refractivity contribution in [2.75, 3.05) is 24.6 Å². The van der Waals surface area contributed by atoms with Gasteiger partial charge < -0.3 is 29.7 Å². The Balaban J connectivity index is 1.67. The number of allylic oxidation sites excluding steroid dienone is 1. The van der Waals surface area contributed by atoms with Gasteiger partial charge in [-0.05, 0) is 44.2 Å². The van der Waals surface area contributed by atoms with Crippen molar-refractivity contribution < 1.29 is 33.8 Å². The molecule has 5 rings (SSSR count). The number of esters is 1. The maximum absolute atomic E-state index is 14.9. The van der Waals surface area contributed by atoms with Gasteiger partial charge in [0, 0.05) is 18.7 Å². The number of benzene rings is 1. The molecule has 1 aromatic rings. The molecule has 4 aliphatic rings. The molecule has 226 valence electrons. The first-order valence-electron chi connectivity index (χ1n) is 14.8. The normalized spacial score (nSPS) is 33.2. The molecule has 0 aromatic heterocycles. The molecule has 5 bridgehead atoms. The molecule has 4 aliphatic heterocycles. The number of hydrogen-bond acceptors (Lipinski definition) is 7. The second kappa shape index (κ2) is 11.6. The fourth-order valence-electron chi connectivity index (χ4n) is 6.98. The lowest BCUT2D eigenvalue weighted by atomic mass is 9.74. The highest BCUT2D eigenvalue weighted by molar-refractivity contribution is 6.06. The van der Waals surface area contributed by atoms with Crippen molar-refractivity contribution in [2.24, 2.45) is 17.8 Å². The molecule has 0 saturated carbocycles. The number of nitrogens with zero attached hydrogens (tertiary/aromatic N) is 2. The molecule has 7 atom stereocenters. The molecule has 42 heavy (non-hydrogen) atoms. The molecular formula is C32H41N3O7. The summed E-state index contributed by atoms with van der Waals surface area (Å²) in [6, 6.07) is 4.00. The first kappa shape index (κ1) is 30.0. The van der Waals surface area contributed by atoms with Gasteiger partial charge in [0.2, 0.25) is 11.8 Å². The number of anilines is 1. The number of rotatable bonds is 4. The van der Waals surface area contributed by atoms with E-state index in [0.717, 1.165) is 16.8 Å². The van der Waals surface area contributed by atoms with E-state index in [9.17, 15) is 24.3 Å². The monoisotopic (exact) mass is 579 g/mol. The number of aliphatic hydroxyl groups is 1. The largest absolute Gasteiger partial charge is 0.460 e. The van der Waals surface area contributed by atoms with Crippen LogP contribution in [0.1, 0.15) is 44.7 Å². The highest BCUT2D eigenvalue weighted by Crippen LogP contribution is 2.56. The van der Waals surface area contributed by atoms with Gasteiger partial charge in [0.15, 0.2) is 0 Å². The Morgan fingerprint density at radius 2 is 1.81 bits per heavy atom. The van der Waals surface area contributed by atoms with Crippen molar-refractivity contribution in [1.82, 2.24) is 10.2 Å². The van der Waals surface area contributed by atoms with E-state index in [1.165, 1.54) is 4.90 Å². The fourth-order valence-corrected chi connectivity index (χ4v) is 6.98. The minimum Gasteiger partial charge on any atom is -0.460 e. The molecular weight excluding hydrogens is 538 g/mol. The second-order valence-corrected chi connectivity index (χ2v) is 12.2. The van der Waals surface area contributed by atoms with Crippen LogP contribution in [0.25, 0.3) is 0 Å². The van der Waals surface area contributed by atoms with Crippen LogP contribution in [-0.2, 0) is 28.7 Å². The fraction of sp³-hybridized carbons (Fsp3) is 0.562. The van der Waals surface area contributed by atoms with Crippen LogP contribution < -0.4 is 10.2 Å². The summed E-state index contributed by atoms with van der Waals surface area (Å²) < 4.78 is 12.2. The maximum Gasteiger partial charge on any atom is 0.313 e. The topological polar surface area (TPSA) is 125 Å². The first-order chi connectivity index (χ1) is 20.0. The number of likely N-dealkylation sites (tertiary alicyclic amines) is 1. The lowest BCUT2D eigenvalue weighted by Gasteiger charge is -2.40. The molecule has 0 aliphatic carbocycles. The first-order valence-corrected chi connectivity index (χ1v) is 14.8. The SMILES string of the molecule is Cc1cccc(C)c1N1C/C=C\CCC(=O)NC[C@H](C)OC(=O)[C@@H]2[C@H]3C(=O)N([C@@H](CO)C(C)C)[C@H](C1=O)[C@]31C=C[C@H]2O1. The molecule has 3 amide bonds. The summed E-state index contributed by atoms with van der Waals surface area (Å²) >= 11 is 0. The van der Waals surface area contributed by atoms with Crippen LogP contribution in [0.2, 0.25) is 0 Å². The number of aryl methyl sites for hydroxylation is 2. The van der Waals surface area contributed by atoms with Crippen LogP contribution in [-0.4, -0.2) is 83.3 Å². The van der Waals surface area contributed by atoms with Crippen LogP contribution >= 0.6 is 0 Å². The summed E-state index contributed by atoms with van der Waals surface area (Å²) in [7, 11) is 0. The summed E-state index contributed by atoms with van der Waals surface area (Å²) in [5, 5.41) is 13.3. The van der Waals surface area contributed by atoms with Gasteiger partial charge in [0.25, 0.3) is 5.91 Å². The van der Waals surface area contributed by atoms with E-state index < -0.39 is 53.6 Å². The van der Waals surface area contributed by atoms with Crippen molar-refractivity contribution in [3.05, 3.63) is 53.6 Å². The van der Waals surface area contributed by atoms with Gasteiger partial charge in [-0.25, -0.2) is 0 Å². The average Bonchev–Trinajstić information content (AvgIpc) is 3.57. The number of carbonyl (C=O) groups excluding carboxylic acids is 4. The maximum atomic E-state index is 14.9. The van der Waals surface area contributed by atoms with Gasteiger partial charge in [-0.15, -0.1) is 0 Å². The molecule has 4 heterocycles. The number of nitrogens with one attached hydrogen (secondary N) is 1. The van der Waals surface area contributed by atoms with Crippen LogP contribution in [0.5, 0.6) is 0 Å². The van der Waals surface area contributed by atoms with Crippen LogP contribution in [0.15, 0.2) is 42.5 Å². The number of carbonyl (C=O) groups is 4. The third-order valence-electron chi connectivity index (χ3n) is 9.00. The Hall–Kier alpha value is -3.50. The zero-order chi connectivity index (χ0) is 30.3. The zero-order valence-corrected chi connectivity index (χ0v) is 24.9. The Morgan fingerprint density at radius 3 is 2.48 bits per heavy atom. The van der Waals surface area contributed by atoms with Gasteiger partial charge in [-0.3, -0.25) is 19.2 Å². The number of para-hydroxylation sites is 1. The Kier molecular flexibility index (Phi) is 8.31. The smallest absolute Gasteiger partial charge is 0.313 e. The van der Waals surface area contributed by atoms with E-state index in [0.29, 0.717) is 6.42 Å². The Labute approximate surface area is 246 Å². The van der Waals surface area contributed by atoms with Crippen LogP contribution in [0, 0.1) is 31.6 Å². The number of aliphatic hydroxyl groups excluding tert-OH is 1. The zero-order valence-electron chi connectivity index (χ0n) is 24.9. The van der Waals surface area contributed by atoms with Crippen molar-refractivity contribution in [2.45, 2.75) is 77.4 Å². The van der Waals surface area contributed by atoms with Gasteiger partial charge in [-0.2, -0.15) is 0 Å². The number of hydrogen-bond donors (Lipinski definition) is 2. The van der Waals surface area contributed by atoms with E-state index in [1.807, 2.05) is 58.0 Å². The minimum atomic E-state index is -1.39. The van der Waals surface area contributed by atoms with Gasteiger partial charge in [0.05, 0.1) is 31.2 Å². The predicted octanol–water partition coefficient (Wildman–Crippen LogP) is 2.20. The average molecular weight is 580 g/mol. The second-order valence-electron chi connectivity index (χ2n) is 12.2. The molecule has 1 aromatic carbocycles. The molecule has 0 unspecified atom stereocenters. The van der Waals surface area contributed by atoms with Crippen molar-refractivity contribution in [3.63, 3.8) is 0 Å². The van der Waals surface area contributed by atoms with E-state index in [2.05, 4.69) is 5.32 Å². The predicted molar refractivity (Wildman–Crippen MR) is 155 cm³/mol. The molecule has 2 fully saturated rings. The van der Waals surface area contributed by atoms with E-state index >= 15 is 0 Å². The standard InChI is InChI=1S/C32H41N3O7/c1-18(2)22(17-36)35-28-30(39)34(27-19(3)10-9-11-20(27)4)15-8-6-7-12-24(37)33-16-21(5)41-31(40)25-23-13-14-32(28,42-23)26(25)29(35)38/h6,8-11,13-14,18,21-23,25-26,28,36H,7,12,15-17H2,1-5H3,(H,33,37)/b8-6-/t21-,22-,23+,25-,26-,28+,32-/m0/s1. The van der Waals surface area contributed by atoms with Crippen molar-refractivity contribution in [3.8, 4) is 0 Å². The highest BCUT2D eigenvalue weighted by Gasteiger charge is 2.74. The van der Waals surface area contributed by atoms with Gasteiger partial charge in [0.1, 0.15) is 23.7 Å². The lowest BCUT2D eigenvalue weighted by molar-refractivity contribution is -0.159.